The minimum Gasteiger partial charge on any atom is -0.362 e. The molecule has 0 saturated carbocycles. The lowest BCUT2D eigenvalue weighted by Crippen LogP contribution is -2.18. The normalized spacial score (nSPS) is 11.5. The van der Waals surface area contributed by atoms with E-state index in [1.54, 1.807) is 12.4 Å². The zero-order valence-electron chi connectivity index (χ0n) is 6.74. The average Bonchev–Trinajstić information content (AvgIpc) is 2.06. The first-order chi connectivity index (χ1) is 5.17. The fourth-order valence-corrected chi connectivity index (χ4v) is 0.787. The van der Waals surface area contributed by atoms with E-state index in [1.165, 1.54) is 0 Å². The molecule has 1 rings (SSSR count). The van der Waals surface area contributed by atoms with Crippen LogP contribution in [0.5, 0.6) is 0 Å². The molecule has 1 heterocycles. The van der Waals surface area contributed by atoms with Crippen molar-refractivity contribution >= 4 is 0 Å². The lowest BCUT2D eigenvalue weighted by atomic mass is 10.0. The molecule has 0 atom stereocenters. The summed E-state index contributed by atoms with van der Waals surface area (Å²) in [5, 5.41) is 0. The van der Waals surface area contributed by atoms with E-state index in [4.69, 9.17) is 11.8 Å². The predicted octanol–water partition coefficient (Wildman–Crippen LogP) is 2.00. The topological polar surface area (TPSA) is 22.1 Å². The van der Waals surface area contributed by atoms with E-state index >= 15 is 0 Å². The van der Waals surface area contributed by atoms with E-state index in [-0.39, 0.29) is 0 Å². The first-order valence-electron chi connectivity index (χ1n) is 3.45. The molecule has 0 aliphatic heterocycles. The van der Waals surface area contributed by atoms with E-state index in [9.17, 15) is 0 Å². The van der Waals surface area contributed by atoms with Crippen LogP contribution < -0.4 is 0 Å². The first kappa shape index (κ1) is 8.21. The highest BCUT2D eigenvalue weighted by Crippen LogP contribution is 2.22. The molecule has 2 radical (unpaired) electrons. The van der Waals surface area contributed by atoms with Gasteiger partial charge in [-0.3, -0.25) is 4.98 Å². The molecule has 58 valence electrons. The SMILES string of the molecule is [CH]OC(C)(C)c1cccnc1. The monoisotopic (exact) mass is 149 g/mol. The zero-order chi connectivity index (χ0) is 8.32. The second kappa shape index (κ2) is 3.01. The lowest BCUT2D eigenvalue weighted by Gasteiger charge is -2.21. The van der Waals surface area contributed by atoms with Crippen LogP contribution in [0.2, 0.25) is 0 Å². The number of pyridine rings is 1. The molecule has 11 heavy (non-hydrogen) atoms. The Balaban J connectivity index is 2.93. The minimum absolute atomic E-state index is 0.450. The van der Waals surface area contributed by atoms with Gasteiger partial charge in [-0.25, -0.2) is 0 Å². The van der Waals surface area contributed by atoms with Crippen molar-refractivity contribution in [3.63, 3.8) is 0 Å². The van der Waals surface area contributed by atoms with Gasteiger partial charge in [-0.2, -0.15) is 0 Å². The van der Waals surface area contributed by atoms with Crippen LogP contribution in [0.4, 0.5) is 0 Å². The third-order valence-electron chi connectivity index (χ3n) is 1.65. The number of rotatable bonds is 2. The summed E-state index contributed by atoms with van der Waals surface area (Å²) >= 11 is 0. The lowest BCUT2D eigenvalue weighted by molar-refractivity contribution is 0.0492. The van der Waals surface area contributed by atoms with Crippen LogP contribution in [0, 0.1) is 7.11 Å². The molecular weight excluding hydrogens is 138 g/mol. The van der Waals surface area contributed by atoms with Crippen LogP contribution >= 0.6 is 0 Å². The Morgan fingerprint density at radius 3 is 2.73 bits per heavy atom. The van der Waals surface area contributed by atoms with Gasteiger partial charge >= 0.3 is 0 Å². The van der Waals surface area contributed by atoms with E-state index in [0.29, 0.717) is 0 Å². The van der Waals surface area contributed by atoms with Crippen LogP contribution in [0.1, 0.15) is 19.4 Å². The molecule has 2 nitrogen and oxygen atoms in total. The molecule has 2 heteroatoms. The number of hydrogen-bond acceptors (Lipinski definition) is 2. The van der Waals surface area contributed by atoms with Crippen molar-refractivity contribution in [2.75, 3.05) is 0 Å². The second-order valence-electron chi connectivity index (χ2n) is 2.87. The summed E-state index contributed by atoms with van der Waals surface area (Å²) in [6, 6.07) is 3.79. The van der Waals surface area contributed by atoms with Crippen molar-refractivity contribution in [3.8, 4) is 0 Å². The van der Waals surface area contributed by atoms with E-state index in [1.807, 2.05) is 26.0 Å². The predicted molar refractivity (Wildman–Crippen MR) is 42.6 cm³/mol. The minimum atomic E-state index is -0.450. The molecule has 0 unspecified atom stereocenters. The molecule has 0 fully saturated rings. The molecule has 0 spiro atoms. The van der Waals surface area contributed by atoms with Gasteiger partial charge in [0.05, 0.1) is 5.60 Å². The Kier molecular flexibility index (Phi) is 2.25. The van der Waals surface area contributed by atoms with Gasteiger partial charge in [0.15, 0.2) is 0 Å². The molecule has 0 aliphatic carbocycles. The van der Waals surface area contributed by atoms with Crippen molar-refractivity contribution in [1.82, 2.24) is 4.98 Å². The molecular formula is C9H11NO. The van der Waals surface area contributed by atoms with E-state index < -0.39 is 5.60 Å². The summed E-state index contributed by atoms with van der Waals surface area (Å²) in [7, 11) is 5.11. The second-order valence-corrected chi connectivity index (χ2v) is 2.87. The smallest absolute Gasteiger partial charge is 0.116 e. The molecule has 1 aromatic heterocycles. The van der Waals surface area contributed by atoms with Gasteiger partial charge in [-0.15, -0.1) is 0 Å². The van der Waals surface area contributed by atoms with Gasteiger partial charge in [0, 0.05) is 18.0 Å². The van der Waals surface area contributed by atoms with Crippen LogP contribution in [0.15, 0.2) is 24.5 Å². The van der Waals surface area contributed by atoms with Crippen LogP contribution in [-0.4, -0.2) is 4.98 Å². The molecule has 0 amide bonds. The Bertz CT molecular complexity index is 218. The fraction of sp³-hybridized carbons (Fsp3) is 0.333. The third-order valence-corrected chi connectivity index (χ3v) is 1.65. The summed E-state index contributed by atoms with van der Waals surface area (Å²) in [6.07, 6.45) is 3.46. The van der Waals surface area contributed by atoms with Crippen molar-refractivity contribution in [3.05, 3.63) is 37.2 Å². The summed E-state index contributed by atoms with van der Waals surface area (Å²) in [5.41, 5.74) is 0.524. The Morgan fingerprint density at radius 2 is 2.27 bits per heavy atom. The molecule has 1 aromatic rings. The van der Waals surface area contributed by atoms with Gasteiger partial charge in [0.2, 0.25) is 0 Å². The maximum Gasteiger partial charge on any atom is 0.116 e. The third kappa shape index (κ3) is 1.77. The molecule has 0 aromatic carbocycles. The molecule has 0 N–H and O–H groups in total. The molecule has 0 saturated heterocycles. The van der Waals surface area contributed by atoms with Crippen LogP contribution in [0.3, 0.4) is 0 Å². The maximum absolute atomic E-state index is 5.11. The molecule has 0 aliphatic rings. The van der Waals surface area contributed by atoms with Crippen LogP contribution in [-0.2, 0) is 10.3 Å². The van der Waals surface area contributed by atoms with Gasteiger partial charge in [0.25, 0.3) is 0 Å². The number of ether oxygens (including phenoxy) is 1. The Labute approximate surface area is 67.2 Å². The molecule has 0 bridgehead atoms. The van der Waals surface area contributed by atoms with Crippen molar-refractivity contribution in [2.45, 2.75) is 19.4 Å². The average molecular weight is 149 g/mol. The summed E-state index contributed by atoms with van der Waals surface area (Å²) in [4.78, 5) is 3.96. The van der Waals surface area contributed by atoms with Gasteiger partial charge in [-0.05, 0) is 19.9 Å². The Hall–Kier alpha value is -0.890. The maximum atomic E-state index is 5.11. The number of aromatic nitrogens is 1. The summed E-state index contributed by atoms with van der Waals surface area (Å²) in [5.74, 6) is 0. The Morgan fingerprint density at radius 1 is 1.55 bits per heavy atom. The van der Waals surface area contributed by atoms with Crippen molar-refractivity contribution in [2.24, 2.45) is 0 Å². The largest absolute Gasteiger partial charge is 0.362 e. The van der Waals surface area contributed by atoms with Gasteiger partial charge < -0.3 is 4.74 Å². The van der Waals surface area contributed by atoms with Crippen molar-refractivity contribution < 1.29 is 4.74 Å². The highest BCUT2D eigenvalue weighted by Gasteiger charge is 2.18. The quantitative estimate of drug-likeness (QED) is 0.641. The summed E-state index contributed by atoms with van der Waals surface area (Å²) < 4.78 is 4.78. The van der Waals surface area contributed by atoms with Gasteiger partial charge in [-0.1, -0.05) is 6.07 Å². The fourth-order valence-electron chi connectivity index (χ4n) is 0.787. The van der Waals surface area contributed by atoms with Crippen LogP contribution in [0.25, 0.3) is 0 Å². The number of nitrogens with zero attached hydrogens (tertiary/aromatic N) is 1. The number of hydrogen-bond donors (Lipinski definition) is 0. The van der Waals surface area contributed by atoms with E-state index in [0.717, 1.165) is 5.56 Å². The highest BCUT2D eigenvalue weighted by molar-refractivity contribution is 5.15. The standard InChI is InChI=1S/C9H11NO/c1-9(2,11-3)8-5-4-6-10-7-8/h3-7H,1-2H3. The highest BCUT2D eigenvalue weighted by atomic mass is 16.5. The first-order valence-corrected chi connectivity index (χ1v) is 3.45. The van der Waals surface area contributed by atoms with Gasteiger partial charge in [0.1, 0.15) is 7.11 Å². The summed E-state index contributed by atoms with van der Waals surface area (Å²) in [6.45, 7) is 3.79. The zero-order valence-corrected chi connectivity index (χ0v) is 6.74. The van der Waals surface area contributed by atoms with E-state index in [2.05, 4.69) is 4.98 Å². The van der Waals surface area contributed by atoms with Crippen molar-refractivity contribution in [1.29, 1.82) is 0 Å².